The number of pyridine rings is 2. The third-order valence-corrected chi connectivity index (χ3v) is 6.11. The van der Waals surface area contributed by atoms with Crippen LogP contribution in [0.3, 0.4) is 0 Å². The fourth-order valence-corrected chi connectivity index (χ4v) is 4.38. The van der Waals surface area contributed by atoms with E-state index in [-0.39, 0.29) is 5.75 Å². The molecule has 1 N–H and O–H groups in total. The van der Waals surface area contributed by atoms with Gasteiger partial charge in [-0.1, -0.05) is 0 Å². The van der Waals surface area contributed by atoms with Gasteiger partial charge in [0.15, 0.2) is 11.4 Å². The van der Waals surface area contributed by atoms with E-state index in [0.29, 0.717) is 24.0 Å². The minimum absolute atomic E-state index is 0.241. The molecule has 31 heavy (non-hydrogen) atoms. The topological polar surface area (TPSA) is 101 Å². The second-order valence-electron chi connectivity index (χ2n) is 7.20. The van der Waals surface area contributed by atoms with Gasteiger partial charge < -0.3 is 18.6 Å². The zero-order chi connectivity index (χ0) is 21.8. The molecule has 1 unspecified atom stereocenters. The highest BCUT2D eigenvalue weighted by Gasteiger charge is 2.22. The number of hydrogen-bond acceptors (Lipinski definition) is 6. The molecule has 0 radical (unpaired) electrons. The molecular formula is C22H25N5O3S. The summed E-state index contributed by atoms with van der Waals surface area (Å²) in [5.74, 6) is 1.79. The Labute approximate surface area is 183 Å². The van der Waals surface area contributed by atoms with Crippen LogP contribution in [0.2, 0.25) is 0 Å². The van der Waals surface area contributed by atoms with Crippen molar-refractivity contribution in [3.05, 3.63) is 59.7 Å². The normalized spacial score (nSPS) is 12.4. The third kappa shape index (κ3) is 4.73. The van der Waals surface area contributed by atoms with Gasteiger partial charge >= 0.3 is 5.16 Å². The first-order chi connectivity index (χ1) is 15.1. The number of nitrogens with zero attached hydrogens (tertiary/aromatic N) is 4. The quantitative estimate of drug-likeness (QED) is 0.316. The molecule has 4 heterocycles. The summed E-state index contributed by atoms with van der Waals surface area (Å²) in [6, 6.07) is 7.66. The van der Waals surface area contributed by atoms with E-state index in [9.17, 15) is 4.55 Å². The molecule has 0 aromatic carbocycles. The first-order valence-corrected chi connectivity index (χ1v) is 11.3. The molecule has 0 amide bonds. The van der Waals surface area contributed by atoms with Crippen LogP contribution in [0.25, 0.3) is 17.0 Å². The van der Waals surface area contributed by atoms with Gasteiger partial charge in [-0.2, -0.15) is 4.98 Å². The molecule has 0 aliphatic rings. The van der Waals surface area contributed by atoms with Gasteiger partial charge in [0.1, 0.15) is 11.6 Å². The highest BCUT2D eigenvalue weighted by Crippen LogP contribution is 2.27. The van der Waals surface area contributed by atoms with Crippen molar-refractivity contribution in [2.45, 2.75) is 31.2 Å². The number of aromatic amines is 1. The van der Waals surface area contributed by atoms with E-state index in [4.69, 9.17) is 9.47 Å². The van der Waals surface area contributed by atoms with Crippen LogP contribution < -0.4 is 4.74 Å². The van der Waals surface area contributed by atoms with E-state index < -0.39 is 11.2 Å². The SMILES string of the molecule is COCCCOc1c(C)cnc(C[S+]([O-])c2nc3nc(-n4cccc4)ccc3[nH]2)c1C. The highest BCUT2D eigenvalue weighted by molar-refractivity contribution is 7.90. The summed E-state index contributed by atoms with van der Waals surface area (Å²) in [7, 11) is 1.67. The van der Waals surface area contributed by atoms with E-state index in [1.54, 1.807) is 13.3 Å². The van der Waals surface area contributed by atoms with Crippen molar-refractivity contribution in [3.63, 3.8) is 0 Å². The Bertz CT molecular complexity index is 1160. The summed E-state index contributed by atoms with van der Waals surface area (Å²) in [6.45, 7) is 5.11. The van der Waals surface area contributed by atoms with E-state index in [1.807, 2.05) is 55.1 Å². The van der Waals surface area contributed by atoms with Crippen LogP contribution in [0.5, 0.6) is 5.75 Å². The van der Waals surface area contributed by atoms with Crippen molar-refractivity contribution in [1.29, 1.82) is 0 Å². The maximum Gasteiger partial charge on any atom is 0.323 e. The minimum atomic E-state index is -1.40. The molecule has 4 rings (SSSR count). The monoisotopic (exact) mass is 439 g/mol. The molecule has 0 bridgehead atoms. The Morgan fingerprint density at radius 3 is 2.71 bits per heavy atom. The van der Waals surface area contributed by atoms with Crippen molar-refractivity contribution in [1.82, 2.24) is 24.5 Å². The maximum atomic E-state index is 13.0. The molecule has 8 nitrogen and oxygen atoms in total. The molecular weight excluding hydrogens is 414 g/mol. The van der Waals surface area contributed by atoms with Crippen molar-refractivity contribution in [2.75, 3.05) is 20.3 Å². The van der Waals surface area contributed by atoms with Gasteiger partial charge in [0.2, 0.25) is 0 Å². The number of aryl methyl sites for hydroxylation is 1. The fraction of sp³-hybridized carbons (Fsp3) is 0.318. The van der Waals surface area contributed by atoms with Crippen LogP contribution in [0.4, 0.5) is 0 Å². The molecule has 0 aliphatic heterocycles. The summed E-state index contributed by atoms with van der Waals surface area (Å²) in [4.78, 5) is 16.6. The van der Waals surface area contributed by atoms with Crippen molar-refractivity contribution < 1.29 is 14.0 Å². The standard InChI is InChI=1S/C22H25N5O3S/c1-15-13-23-18(16(2)20(15)30-12-6-11-29-3)14-31(28)22-24-17-7-8-19(25-21(17)26-22)27-9-4-5-10-27/h4-5,7-10,13H,6,11-12,14H2,1-3H3,(H,24,25,26). The van der Waals surface area contributed by atoms with E-state index >= 15 is 0 Å². The highest BCUT2D eigenvalue weighted by atomic mass is 32.2. The zero-order valence-electron chi connectivity index (χ0n) is 17.8. The Kier molecular flexibility index (Phi) is 6.55. The fourth-order valence-electron chi connectivity index (χ4n) is 3.29. The maximum absolute atomic E-state index is 13.0. The van der Waals surface area contributed by atoms with Crippen LogP contribution in [0, 0.1) is 13.8 Å². The predicted octanol–water partition coefficient (Wildman–Crippen LogP) is 3.48. The third-order valence-electron chi connectivity index (χ3n) is 4.95. The number of fused-ring (bicyclic) bond motifs is 1. The number of rotatable bonds is 9. The first-order valence-electron chi connectivity index (χ1n) is 10.0. The molecule has 9 heteroatoms. The van der Waals surface area contributed by atoms with Gasteiger partial charge in [-0.05, 0) is 38.1 Å². The van der Waals surface area contributed by atoms with E-state index in [2.05, 4.69) is 19.9 Å². The number of imidazole rings is 1. The predicted molar refractivity (Wildman–Crippen MR) is 119 cm³/mol. The molecule has 0 saturated carbocycles. The smallest absolute Gasteiger partial charge is 0.323 e. The zero-order valence-corrected chi connectivity index (χ0v) is 18.6. The van der Waals surface area contributed by atoms with Gasteiger partial charge in [-0.25, -0.2) is 4.98 Å². The van der Waals surface area contributed by atoms with Crippen LogP contribution in [0.15, 0.2) is 48.0 Å². The van der Waals surface area contributed by atoms with Gasteiger partial charge in [-0.15, -0.1) is 0 Å². The summed E-state index contributed by atoms with van der Waals surface area (Å²) in [5, 5.41) is 0.386. The Balaban J connectivity index is 1.52. The molecule has 4 aromatic rings. The van der Waals surface area contributed by atoms with E-state index in [0.717, 1.165) is 40.3 Å². The lowest BCUT2D eigenvalue weighted by Crippen LogP contribution is -2.11. The molecule has 1 atom stereocenters. The van der Waals surface area contributed by atoms with Crippen LogP contribution in [-0.4, -0.2) is 49.4 Å². The van der Waals surface area contributed by atoms with Crippen molar-refractivity contribution in [2.24, 2.45) is 0 Å². The number of H-pyrrole nitrogens is 1. The molecule has 0 fully saturated rings. The second kappa shape index (κ2) is 9.51. The lowest BCUT2D eigenvalue weighted by atomic mass is 10.1. The Hall–Kier alpha value is -2.88. The summed E-state index contributed by atoms with van der Waals surface area (Å²) >= 11 is -1.40. The average molecular weight is 440 g/mol. The average Bonchev–Trinajstić information content (AvgIpc) is 3.44. The van der Waals surface area contributed by atoms with Crippen LogP contribution in [0.1, 0.15) is 23.2 Å². The lowest BCUT2D eigenvalue weighted by Gasteiger charge is -2.15. The molecule has 0 spiro atoms. The van der Waals surface area contributed by atoms with Crippen LogP contribution in [-0.2, 0) is 21.7 Å². The second-order valence-corrected chi connectivity index (χ2v) is 8.57. The number of hydrogen-bond donors (Lipinski definition) is 1. The number of ether oxygens (including phenoxy) is 2. The molecule has 4 aromatic heterocycles. The number of methoxy groups -OCH3 is 1. The summed E-state index contributed by atoms with van der Waals surface area (Å²) < 4.78 is 25.9. The van der Waals surface area contributed by atoms with Crippen molar-refractivity contribution in [3.8, 4) is 11.6 Å². The van der Waals surface area contributed by atoms with Gasteiger partial charge in [0, 0.05) is 61.0 Å². The molecule has 0 aliphatic carbocycles. The Morgan fingerprint density at radius 1 is 1.13 bits per heavy atom. The summed E-state index contributed by atoms with van der Waals surface area (Å²) in [6.07, 6.45) is 6.39. The molecule has 0 saturated heterocycles. The minimum Gasteiger partial charge on any atom is -0.609 e. The van der Waals surface area contributed by atoms with Gasteiger partial charge in [0.05, 0.1) is 17.8 Å². The number of aromatic nitrogens is 5. The van der Waals surface area contributed by atoms with Crippen molar-refractivity contribution >= 4 is 22.3 Å². The lowest BCUT2D eigenvalue weighted by molar-refractivity contribution is 0.171. The summed E-state index contributed by atoms with van der Waals surface area (Å²) in [5.41, 5.74) is 3.86. The van der Waals surface area contributed by atoms with Gasteiger partial charge in [-0.3, -0.25) is 9.97 Å². The largest absolute Gasteiger partial charge is 0.609 e. The van der Waals surface area contributed by atoms with Gasteiger partial charge in [0.25, 0.3) is 0 Å². The Morgan fingerprint density at radius 2 is 1.94 bits per heavy atom. The first kappa shape index (κ1) is 21.4. The molecule has 162 valence electrons. The van der Waals surface area contributed by atoms with Crippen LogP contribution >= 0.6 is 0 Å². The number of nitrogens with one attached hydrogen (secondary N) is 1. The van der Waals surface area contributed by atoms with E-state index in [1.165, 1.54) is 0 Å².